The summed E-state index contributed by atoms with van der Waals surface area (Å²) in [5.74, 6) is 0.241. The Bertz CT molecular complexity index is 827. The molecule has 3 N–H and O–H groups in total. The second kappa shape index (κ2) is 7.55. The standard InChI is InChI=1S/C18H23ClN6O/c1-10-11(2)23-17(16(20)26)24-18(10)25-7-5-13(9-25)22-12(3)14-4-6-21-8-15(14)19/h4,6,8,12-13,22H,5,7,9H2,1-3H3,(H2,20,26)/t12?,13-/m1/s1. The second-order valence-corrected chi connectivity index (χ2v) is 7.07. The minimum atomic E-state index is -0.607. The Morgan fingerprint density at radius 3 is 2.88 bits per heavy atom. The summed E-state index contributed by atoms with van der Waals surface area (Å²) in [6.45, 7) is 7.57. The van der Waals surface area contributed by atoms with Gasteiger partial charge in [-0.05, 0) is 38.8 Å². The second-order valence-electron chi connectivity index (χ2n) is 6.66. The monoisotopic (exact) mass is 374 g/mol. The van der Waals surface area contributed by atoms with Crippen LogP contribution in [0.25, 0.3) is 0 Å². The molecule has 3 heterocycles. The highest BCUT2D eigenvalue weighted by molar-refractivity contribution is 6.31. The predicted octanol–water partition coefficient (Wildman–Crippen LogP) is 2.17. The smallest absolute Gasteiger partial charge is 0.286 e. The highest BCUT2D eigenvalue weighted by atomic mass is 35.5. The van der Waals surface area contributed by atoms with Crippen molar-refractivity contribution in [2.24, 2.45) is 5.73 Å². The van der Waals surface area contributed by atoms with Gasteiger partial charge in [0.2, 0.25) is 5.82 Å². The van der Waals surface area contributed by atoms with Gasteiger partial charge in [-0.3, -0.25) is 9.78 Å². The highest BCUT2D eigenvalue weighted by Crippen LogP contribution is 2.26. The molecule has 1 amide bonds. The van der Waals surface area contributed by atoms with E-state index in [1.807, 2.05) is 19.9 Å². The molecule has 1 fully saturated rings. The molecule has 0 aliphatic carbocycles. The summed E-state index contributed by atoms with van der Waals surface area (Å²) in [7, 11) is 0. The molecular formula is C18H23ClN6O. The van der Waals surface area contributed by atoms with E-state index >= 15 is 0 Å². The van der Waals surface area contributed by atoms with Crippen LogP contribution in [0, 0.1) is 13.8 Å². The maximum Gasteiger partial charge on any atom is 0.286 e. The average molecular weight is 375 g/mol. The van der Waals surface area contributed by atoms with E-state index in [4.69, 9.17) is 17.3 Å². The van der Waals surface area contributed by atoms with Crippen LogP contribution in [0.5, 0.6) is 0 Å². The minimum Gasteiger partial charge on any atom is -0.363 e. The van der Waals surface area contributed by atoms with Crippen molar-refractivity contribution >= 4 is 23.3 Å². The van der Waals surface area contributed by atoms with E-state index in [1.54, 1.807) is 12.4 Å². The molecule has 2 aromatic heterocycles. The molecule has 0 spiro atoms. The van der Waals surface area contributed by atoms with E-state index in [0.717, 1.165) is 42.1 Å². The number of pyridine rings is 1. The van der Waals surface area contributed by atoms with Crippen LogP contribution in [0.2, 0.25) is 5.02 Å². The van der Waals surface area contributed by atoms with E-state index in [-0.39, 0.29) is 11.9 Å². The van der Waals surface area contributed by atoms with Crippen LogP contribution in [0.3, 0.4) is 0 Å². The molecule has 2 atom stereocenters. The zero-order valence-electron chi connectivity index (χ0n) is 15.2. The Hall–Kier alpha value is -2.25. The van der Waals surface area contributed by atoms with Crippen LogP contribution >= 0.6 is 11.6 Å². The summed E-state index contributed by atoms with van der Waals surface area (Å²) in [6, 6.07) is 2.34. The third-order valence-corrected chi connectivity index (χ3v) is 5.14. The van der Waals surface area contributed by atoms with Crippen molar-refractivity contribution in [3.8, 4) is 0 Å². The maximum absolute atomic E-state index is 11.5. The number of aryl methyl sites for hydroxylation is 1. The molecule has 1 aliphatic heterocycles. The van der Waals surface area contributed by atoms with E-state index < -0.39 is 5.91 Å². The van der Waals surface area contributed by atoms with Gasteiger partial charge in [-0.2, -0.15) is 0 Å². The van der Waals surface area contributed by atoms with E-state index in [2.05, 4.69) is 32.1 Å². The molecule has 2 aromatic rings. The van der Waals surface area contributed by atoms with Gasteiger partial charge in [0.25, 0.3) is 5.91 Å². The molecular weight excluding hydrogens is 352 g/mol. The number of rotatable bonds is 5. The molecule has 0 bridgehead atoms. The fourth-order valence-corrected chi connectivity index (χ4v) is 3.58. The normalized spacial score (nSPS) is 18.2. The number of carbonyl (C=O) groups is 1. The number of aromatic nitrogens is 3. The molecule has 1 unspecified atom stereocenters. The van der Waals surface area contributed by atoms with Crippen molar-refractivity contribution in [2.45, 2.75) is 39.3 Å². The van der Waals surface area contributed by atoms with Gasteiger partial charge < -0.3 is 16.0 Å². The predicted molar refractivity (Wildman–Crippen MR) is 101 cm³/mol. The van der Waals surface area contributed by atoms with Gasteiger partial charge >= 0.3 is 0 Å². The van der Waals surface area contributed by atoms with E-state index in [0.29, 0.717) is 11.1 Å². The SMILES string of the molecule is Cc1nc(C(N)=O)nc(N2CC[C@@H](NC(C)c3ccncc3Cl)C2)c1C. The van der Waals surface area contributed by atoms with Gasteiger partial charge in [-0.25, -0.2) is 9.97 Å². The summed E-state index contributed by atoms with van der Waals surface area (Å²) in [4.78, 5) is 26.2. The number of nitrogens with zero attached hydrogens (tertiary/aromatic N) is 4. The van der Waals surface area contributed by atoms with Crippen LogP contribution in [0.1, 0.15) is 46.8 Å². The first-order valence-corrected chi connectivity index (χ1v) is 9.00. The van der Waals surface area contributed by atoms with Crippen LogP contribution in [-0.4, -0.2) is 40.0 Å². The van der Waals surface area contributed by atoms with Gasteiger partial charge in [-0.15, -0.1) is 0 Å². The first-order chi connectivity index (χ1) is 12.4. The third-order valence-electron chi connectivity index (χ3n) is 4.83. The zero-order valence-corrected chi connectivity index (χ0v) is 15.9. The van der Waals surface area contributed by atoms with Crippen molar-refractivity contribution < 1.29 is 4.79 Å². The molecule has 1 saturated heterocycles. The fourth-order valence-electron chi connectivity index (χ4n) is 3.30. The number of nitrogens with two attached hydrogens (primary N) is 1. The number of primary amides is 1. The molecule has 3 rings (SSSR count). The summed E-state index contributed by atoms with van der Waals surface area (Å²) in [5, 5.41) is 4.28. The minimum absolute atomic E-state index is 0.0662. The Balaban J connectivity index is 1.73. The van der Waals surface area contributed by atoms with Gasteiger partial charge in [0.1, 0.15) is 5.82 Å². The number of hydrogen-bond donors (Lipinski definition) is 2. The Morgan fingerprint density at radius 1 is 1.42 bits per heavy atom. The fraction of sp³-hybridized carbons (Fsp3) is 0.444. The van der Waals surface area contributed by atoms with Crippen LogP contribution in [0.15, 0.2) is 18.5 Å². The maximum atomic E-state index is 11.5. The molecule has 0 aromatic carbocycles. The number of anilines is 1. The molecule has 8 heteroatoms. The molecule has 26 heavy (non-hydrogen) atoms. The number of carbonyl (C=O) groups excluding carboxylic acids is 1. The van der Waals surface area contributed by atoms with Crippen LogP contribution in [0.4, 0.5) is 5.82 Å². The van der Waals surface area contributed by atoms with Crippen molar-refractivity contribution in [2.75, 3.05) is 18.0 Å². The zero-order chi connectivity index (χ0) is 18.8. The largest absolute Gasteiger partial charge is 0.363 e. The average Bonchev–Trinajstić information content (AvgIpc) is 3.05. The topological polar surface area (TPSA) is 97.0 Å². The highest BCUT2D eigenvalue weighted by Gasteiger charge is 2.27. The van der Waals surface area contributed by atoms with Crippen LogP contribution < -0.4 is 16.0 Å². The molecule has 0 saturated carbocycles. The Morgan fingerprint density at radius 2 is 2.19 bits per heavy atom. The van der Waals surface area contributed by atoms with Gasteiger partial charge in [-0.1, -0.05) is 11.6 Å². The Kier molecular flexibility index (Phi) is 5.38. The van der Waals surface area contributed by atoms with Gasteiger partial charge in [0.05, 0.1) is 5.02 Å². The quantitative estimate of drug-likeness (QED) is 0.832. The third kappa shape index (κ3) is 3.78. The van der Waals surface area contributed by atoms with Crippen LogP contribution in [-0.2, 0) is 0 Å². The van der Waals surface area contributed by atoms with E-state index in [1.165, 1.54) is 0 Å². The van der Waals surface area contributed by atoms with Gasteiger partial charge in [0, 0.05) is 48.8 Å². The summed E-state index contributed by atoms with van der Waals surface area (Å²) >= 11 is 6.24. The number of halogens is 1. The number of hydrogen-bond acceptors (Lipinski definition) is 6. The number of amides is 1. The summed E-state index contributed by atoms with van der Waals surface area (Å²) in [5.41, 5.74) is 8.14. The summed E-state index contributed by atoms with van der Waals surface area (Å²) in [6.07, 6.45) is 4.38. The number of nitrogens with one attached hydrogen (secondary N) is 1. The van der Waals surface area contributed by atoms with E-state index in [9.17, 15) is 4.79 Å². The van der Waals surface area contributed by atoms with Crippen molar-refractivity contribution in [1.82, 2.24) is 20.3 Å². The summed E-state index contributed by atoms with van der Waals surface area (Å²) < 4.78 is 0. The lowest BCUT2D eigenvalue weighted by Gasteiger charge is -2.23. The lowest BCUT2D eigenvalue weighted by atomic mass is 10.1. The first kappa shape index (κ1) is 18.5. The lowest BCUT2D eigenvalue weighted by molar-refractivity contribution is 0.0990. The molecule has 138 valence electrons. The molecule has 1 aliphatic rings. The molecule has 7 nitrogen and oxygen atoms in total. The first-order valence-electron chi connectivity index (χ1n) is 8.62. The van der Waals surface area contributed by atoms with Crippen molar-refractivity contribution in [1.29, 1.82) is 0 Å². The lowest BCUT2D eigenvalue weighted by Crippen LogP contribution is -2.35. The Labute approximate surface area is 158 Å². The molecule has 0 radical (unpaired) electrons. The van der Waals surface area contributed by atoms with Gasteiger partial charge in [0.15, 0.2) is 0 Å². The van der Waals surface area contributed by atoms with Crippen molar-refractivity contribution in [3.05, 3.63) is 46.1 Å². The van der Waals surface area contributed by atoms with Crippen molar-refractivity contribution in [3.63, 3.8) is 0 Å².